The molecule has 0 aromatic heterocycles. The van der Waals surface area contributed by atoms with E-state index in [2.05, 4.69) is 33.9 Å². The fourth-order valence-corrected chi connectivity index (χ4v) is 1.03. The molecule has 0 heterocycles. The molecule has 1 nitrogen and oxygen atoms in total. The van der Waals surface area contributed by atoms with E-state index in [0.29, 0.717) is 5.92 Å². The zero-order chi connectivity index (χ0) is 8.69. The molecule has 0 aliphatic rings. The van der Waals surface area contributed by atoms with Crippen molar-refractivity contribution < 1.29 is 0 Å². The van der Waals surface area contributed by atoms with Gasteiger partial charge in [-0.3, -0.25) is 0 Å². The lowest BCUT2D eigenvalue weighted by Crippen LogP contribution is -2.16. The summed E-state index contributed by atoms with van der Waals surface area (Å²) < 4.78 is 1.19. The highest BCUT2D eigenvalue weighted by molar-refractivity contribution is 9.11. The minimum atomic E-state index is 0.549. The molecule has 0 rings (SSSR count). The Morgan fingerprint density at radius 3 is 2.73 bits per heavy atom. The van der Waals surface area contributed by atoms with Gasteiger partial charge in [-0.1, -0.05) is 28.1 Å². The lowest BCUT2D eigenvalue weighted by molar-refractivity contribution is 0.606. The molecule has 0 radical (unpaired) electrons. The Morgan fingerprint density at radius 2 is 2.36 bits per heavy atom. The van der Waals surface area contributed by atoms with E-state index < -0.39 is 0 Å². The number of hydrogen-bond acceptors (Lipinski definition) is 1. The smallest absolute Gasteiger partial charge is 0.00140 e. The molecule has 2 heteroatoms. The zero-order valence-corrected chi connectivity index (χ0v) is 8.82. The number of halogens is 1. The van der Waals surface area contributed by atoms with Crippen LogP contribution in [0.4, 0.5) is 0 Å². The van der Waals surface area contributed by atoms with Gasteiger partial charge >= 0.3 is 0 Å². The molecule has 0 aromatic carbocycles. The third-order valence-corrected chi connectivity index (χ3v) is 1.83. The van der Waals surface area contributed by atoms with Crippen LogP contribution in [0.3, 0.4) is 0 Å². The zero-order valence-electron chi connectivity index (χ0n) is 7.23. The summed E-state index contributed by atoms with van der Waals surface area (Å²) in [5, 5.41) is 3.13. The third kappa shape index (κ3) is 6.32. The van der Waals surface area contributed by atoms with Crippen molar-refractivity contribution in [2.45, 2.75) is 13.3 Å². The topological polar surface area (TPSA) is 12.0 Å². The van der Waals surface area contributed by atoms with Gasteiger partial charge in [0.2, 0.25) is 0 Å². The van der Waals surface area contributed by atoms with Crippen molar-refractivity contribution in [3.8, 4) is 0 Å². The Kier molecular flexibility index (Phi) is 6.57. The van der Waals surface area contributed by atoms with Crippen molar-refractivity contribution in [2.75, 3.05) is 13.6 Å². The molecule has 11 heavy (non-hydrogen) atoms. The van der Waals surface area contributed by atoms with Crippen molar-refractivity contribution in [1.82, 2.24) is 5.32 Å². The standard InChI is InChI=1S/C9H16BrN/c1-4-9(7-11-3)6-5-8(2)10/h4-5,9,11H,1,6-7H2,2-3H3/b8-5+. The second-order valence-electron chi connectivity index (χ2n) is 2.58. The van der Waals surface area contributed by atoms with Gasteiger partial charge in [-0.2, -0.15) is 0 Å². The van der Waals surface area contributed by atoms with Crippen LogP contribution in [0.25, 0.3) is 0 Å². The Hall–Kier alpha value is -0.0800. The third-order valence-electron chi connectivity index (χ3n) is 1.50. The number of nitrogens with one attached hydrogen (secondary N) is 1. The van der Waals surface area contributed by atoms with Crippen LogP contribution in [0.5, 0.6) is 0 Å². The summed E-state index contributed by atoms with van der Waals surface area (Å²) in [4.78, 5) is 0. The summed E-state index contributed by atoms with van der Waals surface area (Å²) in [5.74, 6) is 0.549. The van der Waals surface area contributed by atoms with Gasteiger partial charge in [0.05, 0.1) is 0 Å². The molecular weight excluding hydrogens is 202 g/mol. The van der Waals surface area contributed by atoms with Gasteiger partial charge < -0.3 is 5.32 Å². The highest BCUT2D eigenvalue weighted by Crippen LogP contribution is 2.09. The highest BCUT2D eigenvalue weighted by Gasteiger charge is 1.98. The SMILES string of the molecule is C=CC(C/C=C(\C)Br)CNC. The summed E-state index contributed by atoms with van der Waals surface area (Å²) >= 11 is 3.39. The van der Waals surface area contributed by atoms with E-state index in [-0.39, 0.29) is 0 Å². The minimum Gasteiger partial charge on any atom is -0.319 e. The van der Waals surface area contributed by atoms with Gasteiger partial charge in [0.1, 0.15) is 0 Å². The number of rotatable bonds is 5. The first-order valence-electron chi connectivity index (χ1n) is 3.80. The van der Waals surface area contributed by atoms with E-state index in [1.807, 2.05) is 20.0 Å². The molecule has 64 valence electrons. The van der Waals surface area contributed by atoms with Crippen molar-refractivity contribution in [3.05, 3.63) is 23.2 Å². The Bertz CT molecular complexity index is 136. The van der Waals surface area contributed by atoms with E-state index in [4.69, 9.17) is 0 Å². The predicted octanol–water partition coefficient (Wildman–Crippen LogP) is 2.70. The maximum Gasteiger partial charge on any atom is 0.00140 e. The van der Waals surface area contributed by atoms with Crippen LogP contribution in [0.1, 0.15) is 13.3 Å². The second-order valence-corrected chi connectivity index (χ2v) is 3.83. The van der Waals surface area contributed by atoms with Gasteiger partial charge in [-0.15, -0.1) is 6.58 Å². The van der Waals surface area contributed by atoms with Crippen molar-refractivity contribution in [3.63, 3.8) is 0 Å². The lowest BCUT2D eigenvalue weighted by Gasteiger charge is -2.07. The summed E-state index contributed by atoms with van der Waals surface area (Å²) in [6.45, 7) is 6.81. The van der Waals surface area contributed by atoms with Crippen LogP contribution in [-0.2, 0) is 0 Å². The molecule has 0 spiro atoms. The first-order chi connectivity index (χ1) is 5.20. The van der Waals surface area contributed by atoms with Crippen LogP contribution < -0.4 is 5.32 Å². The van der Waals surface area contributed by atoms with E-state index >= 15 is 0 Å². The Labute approximate surface area is 77.7 Å². The van der Waals surface area contributed by atoms with E-state index in [9.17, 15) is 0 Å². The van der Waals surface area contributed by atoms with Gasteiger partial charge in [-0.25, -0.2) is 0 Å². The largest absolute Gasteiger partial charge is 0.319 e. The fraction of sp³-hybridized carbons (Fsp3) is 0.556. The summed E-state index contributed by atoms with van der Waals surface area (Å²) in [5.41, 5.74) is 0. The molecule has 0 bridgehead atoms. The van der Waals surface area contributed by atoms with Crippen LogP contribution in [0.2, 0.25) is 0 Å². The molecule has 1 unspecified atom stereocenters. The van der Waals surface area contributed by atoms with E-state index in [1.54, 1.807) is 0 Å². The summed E-state index contributed by atoms with van der Waals surface area (Å²) in [7, 11) is 1.96. The first-order valence-corrected chi connectivity index (χ1v) is 4.59. The van der Waals surface area contributed by atoms with Crippen LogP contribution in [-0.4, -0.2) is 13.6 Å². The molecule has 0 saturated heterocycles. The second kappa shape index (κ2) is 6.62. The highest BCUT2D eigenvalue weighted by atomic mass is 79.9. The molecule has 1 atom stereocenters. The van der Waals surface area contributed by atoms with Crippen LogP contribution >= 0.6 is 15.9 Å². The molecule has 0 saturated carbocycles. The van der Waals surface area contributed by atoms with Crippen LogP contribution in [0, 0.1) is 5.92 Å². The first kappa shape index (κ1) is 10.9. The minimum absolute atomic E-state index is 0.549. The lowest BCUT2D eigenvalue weighted by atomic mass is 10.1. The Balaban J connectivity index is 3.69. The maximum atomic E-state index is 3.77. The monoisotopic (exact) mass is 217 g/mol. The normalized spacial score (nSPS) is 14.6. The predicted molar refractivity (Wildman–Crippen MR) is 54.9 cm³/mol. The summed E-state index contributed by atoms with van der Waals surface area (Å²) in [6.07, 6.45) is 5.22. The van der Waals surface area contributed by atoms with Gasteiger partial charge in [0.25, 0.3) is 0 Å². The number of allylic oxidation sites excluding steroid dienone is 2. The van der Waals surface area contributed by atoms with E-state index in [0.717, 1.165) is 13.0 Å². The van der Waals surface area contributed by atoms with Crippen molar-refractivity contribution >= 4 is 15.9 Å². The summed E-state index contributed by atoms with van der Waals surface area (Å²) in [6, 6.07) is 0. The van der Waals surface area contributed by atoms with Crippen LogP contribution in [0.15, 0.2) is 23.2 Å². The molecule has 0 aliphatic carbocycles. The van der Waals surface area contributed by atoms with Crippen molar-refractivity contribution in [2.24, 2.45) is 5.92 Å². The molecular formula is C9H16BrN. The molecule has 0 amide bonds. The molecule has 0 aliphatic heterocycles. The molecule has 0 fully saturated rings. The van der Waals surface area contributed by atoms with E-state index in [1.165, 1.54) is 4.48 Å². The Morgan fingerprint density at radius 1 is 1.73 bits per heavy atom. The quantitative estimate of drug-likeness (QED) is 0.699. The average Bonchev–Trinajstić information content (AvgIpc) is 1.97. The molecule has 1 N–H and O–H groups in total. The van der Waals surface area contributed by atoms with Gasteiger partial charge in [0, 0.05) is 6.54 Å². The van der Waals surface area contributed by atoms with Gasteiger partial charge in [0.15, 0.2) is 0 Å². The number of hydrogen-bond donors (Lipinski definition) is 1. The van der Waals surface area contributed by atoms with Gasteiger partial charge in [-0.05, 0) is 30.8 Å². The average molecular weight is 218 g/mol. The fourth-order valence-electron chi connectivity index (χ4n) is 0.839. The molecule has 0 aromatic rings. The van der Waals surface area contributed by atoms with Crippen molar-refractivity contribution in [1.29, 1.82) is 0 Å². The maximum absolute atomic E-state index is 3.77.